The van der Waals surface area contributed by atoms with Crippen molar-refractivity contribution in [2.24, 2.45) is 5.73 Å². The molecule has 0 fully saturated rings. The molecule has 0 heterocycles. The molecule has 0 saturated carbocycles. The minimum atomic E-state index is -1.06. The van der Waals surface area contributed by atoms with Crippen molar-refractivity contribution >= 4 is 29.8 Å². The SMILES string of the molecule is CC(CCC(=O)NC(CCC(=O)OCc1ccccc1)C(=O)OCc1ccccc1)NC(=O)C(N)CCCCNC(=O)OC(C)(C)C. The maximum Gasteiger partial charge on any atom is 0.407 e. The zero-order valence-corrected chi connectivity index (χ0v) is 27.9. The average Bonchev–Trinajstić information content (AvgIpc) is 3.03. The van der Waals surface area contributed by atoms with Crippen LogP contribution in [0.2, 0.25) is 0 Å². The first kappa shape index (κ1) is 38.7. The van der Waals surface area contributed by atoms with Gasteiger partial charge in [0.05, 0.1) is 6.04 Å². The number of alkyl carbamates (subject to hydrolysis) is 1. The third kappa shape index (κ3) is 17.7. The molecule has 0 spiro atoms. The van der Waals surface area contributed by atoms with Gasteiger partial charge in [-0.05, 0) is 70.9 Å². The highest BCUT2D eigenvalue weighted by atomic mass is 16.6. The lowest BCUT2D eigenvalue weighted by atomic mass is 10.1. The number of esters is 2. The highest BCUT2D eigenvalue weighted by Gasteiger charge is 2.25. The highest BCUT2D eigenvalue weighted by Crippen LogP contribution is 2.10. The number of ether oxygens (including phenoxy) is 3. The minimum Gasteiger partial charge on any atom is -0.461 e. The molecule has 0 bridgehead atoms. The molecule has 3 atom stereocenters. The number of nitrogens with one attached hydrogen (secondary N) is 3. The number of hydrogen-bond acceptors (Lipinski definition) is 9. The second-order valence-electron chi connectivity index (χ2n) is 12.4. The predicted octanol–water partition coefficient (Wildman–Crippen LogP) is 4.05. The van der Waals surface area contributed by atoms with Crippen molar-refractivity contribution in [1.82, 2.24) is 16.0 Å². The summed E-state index contributed by atoms with van der Waals surface area (Å²) in [4.78, 5) is 62.4. The van der Waals surface area contributed by atoms with E-state index in [1.807, 2.05) is 60.7 Å². The smallest absolute Gasteiger partial charge is 0.407 e. The van der Waals surface area contributed by atoms with E-state index in [1.54, 1.807) is 27.7 Å². The lowest BCUT2D eigenvalue weighted by molar-refractivity contribution is -0.150. The number of carbonyl (C=O) groups excluding carboxylic acids is 5. The molecule has 0 aliphatic carbocycles. The van der Waals surface area contributed by atoms with Gasteiger partial charge in [0.15, 0.2) is 0 Å². The first-order valence-electron chi connectivity index (χ1n) is 16.0. The van der Waals surface area contributed by atoms with Crippen molar-refractivity contribution in [3.63, 3.8) is 0 Å². The van der Waals surface area contributed by atoms with Crippen LogP contribution in [0.5, 0.6) is 0 Å². The van der Waals surface area contributed by atoms with Crippen LogP contribution < -0.4 is 21.7 Å². The Balaban J connectivity index is 1.77. The first-order valence-corrected chi connectivity index (χ1v) is 16.0. The van der Waals surface area contributed by atoms with Gasteiger partial charge in [0, 0.05) is 25.4 Å². The fourth-order valence-corrected chi connectivity index (χ4v) is 4.31. The molecule has 0 aliphatic heterocycles. The zero-order valence-electron chi connectivity index (χ0n) is 27.9. The Hall–Kier alpha value is -4.45. The molecule has 12 heteroatoms. The number of rotatable bonds is 19. The van der Waals surface area contributed by atoms with Gasteiger partial charge in [-0.25, -0.2) is 9.59 Å². The molecule has 12 nitrogen and oxygen atoms in total. The Morgan fingerprint density at radius 3 is 1.96 bits per heavy atom. The van der Waals surface area contributed by atoms with Gasteiger partial charge in [-0.1, -0.05) is 60.7 Å². The van der Waals surface area contributed by atoms with Crippen LogP contribution in [-0.2, 0) is 46.6 Å². The fraction of sp³-hybridized carbons (Fsp3) is 0.514. The van der Waals surface area contributed by atoms with Crippen LogP contribution in [0.15, 0.2) is 60.7 Å². The standard InChI is InChI=1S/C35H50N4O8/c1-25(38-32(42)28(36)17-11-12-22-37-34(44)47-35(2,3)4)18-20-30(40)39-29(33(43)46-24-27-15-9-6-10-16-27)19-21-31(41)45-23-26-13-7-5-8-14-26/h5-10,13-16,25,28-29H,11-12,17-24,36H2,1-4H3,(H,37,44)(H,38,42)(H,39,40). The summed E-state index contributed by atoms with van der Waals surface area (Å²) in [5, 5.41) is 8.16. The molecule has 2 rings (SSSR count). The summed E-state index contributed by atoms with van der Waals surface area (Å²) in [6.45, 7) is 7.65. The Morgan fingerprint density at radius 1 is 0.766 bits per heavy atom. The lowest BCUT2D eigenvalue weighted by Gasteiger charge is -2.20. The van der Waals surface area contributed by atoms with E-state index in [9.17, 15) is 24.0 Å². The van der Waals surface area contributed by atoms with Crippen molar-refractivity contribution in [1.29, 1.82) is 0 Å². The van der Waals surface area contributed by atoms with Crippen molar-refractivity contribution < 1.29 is 38.2 Å². The quantitative estimate of drug-likeness (QED) is 0.0990. The second-order valence-corrected chi connectivity index (χ2v) is 12.4. The Kier molecular flexibility index (Phi) is 17.0. The van der Waals surface area contributed by atoms with Crippen molar-refractivity contribution in [2.45, 2.75) is 110 Å². The van der Waals surface area contributed by atoms with Gasteiger partial charge in [0.2, 0.25) is 11.8 Å². The summed E-state index contributed by atoms with van der Waals surface area (Å²) in [5.41, 5.74) is 7.08. The zero-order chi connectivity index (χ0) is 34.7. The molecule has 5 N–H and O–H groups in total. The van der Waals surface area contributed by atoms with Gasteiger partial charge in [-0.15, -0.1) is 0 Å². The van der Waals surface area contributed by atoms with Crippen molar-refractivity contribution in [3.05, 3.63) is 71.8 Å². The molecule has 47 heavy (non-hydrogen) atoms. The molecule has 3 unspecified atom stereocenters. The third-order valence-electron chi connectivity index (χ3n) is 6.86. The number of benzene rings is 2. The minimum absolute atomic E-state index is 0.00141. The summed E-state index contributed by atoms with van der Waals surface area (Å²) in [6, 6.07) is 16.2. The Bertz CT molecular complexity index is 1270. The van der Waals surface area contributed by atoms with Gasteiger partial charge in [-0.2, -0.15) is 0 Å². The maximum absolute atomic E-state index is 12.9. The van der Waals surface area contributed by atoms with Crippen LogP contribution in [0.25, 0.3) is 0 Å². The third-order valence-corrected chi connectivity index (χ3v) is 6.86. The molecular weight excluding hydrogens is 604 g/mol. The summed E-state index contributed by atoms with van der Waals surface area (Å²) in [7, 11) is 0. The van der Waals surface area contributed by atoms with E-state index < -0.39 is 41.6 Å². The number of nitrogens with two attached hydrogens (primary N) is 1. The second kappa shape index (κ2) is 20.6. The largest absolute Gasteiger partial charge is 0.461 e. The summed E-state index contributed by atoms with van der Waals surface area (Å²) < 4.78 is 15.9. The van der Waals surface area contributed by atoms with Crippen LogP contribution in [0.3, 0.4) is 0 Å². The normalized spacial score (nSPS) is 13.0. The summed E-state index contributed by atoms with van der Waals surface area (Å²) in [6.07, 6.45) is 1.42. The highest BCUT2D eigenvalue weighted by molar-refractivity contribution is 5.85. The van der Waals surface area contributed by atoms with E-state index in [-0.39, 0.29) is 44.4 Å². The lowest BCUT2D eigenvalue weighted by Crippen LogP contribution is -2.45. The van der Waals surface area contributed by atoms with E-state index in [0.717, 1.165) is 11.1 Å². The van der Waals surface area contributed by atoms with Crippen LogP contribution in [0.4, 0.5) is 4.79 Å². The van der Waals surface area contributed by atoms with E-state index in [4.69, 9.17) is 19.9 Å². The van der Waals surface area contributed by atoms with Gasteiger partial charge in [0.25, 0.3) is 0 Å². The van der Waals surface area contributed by atoms with E-state index >= 15 is 0 Å². The van der Waals surface area contributed by atoms with Crippen LogP contribution >= 0.6 is 0 Å². The summed E-state index contributed by atoms with van der Waals surface area (Å²) in [5.74, 6) is -1.93. The van der Waals surface area contributed by atoms with Crippen LogP contribution in [-0.4, -0.2) is 60.1 Å². The number of unbranched alkanes of at least 4 members (excludes halogenated alkanes) is 1. The van der Waals surface area contributed by atoms with E-state index in [0.29, 0.717) is 32.2 Å². The van der Waals surface area contributed by atoms with Crippen molar-refractivity contribution in [2.75, 3.05) is 6.54 Å². The van der Waals surface area contributed by atoms with Gasteiger partial charge >= 0.3 is 18.0 Å². The van der Waals surface area contributed by atoms with Gasteiger partial charge < -0.3 is 35.9 Å². The van der Waals surface area contributed by atoms with E-state index in [2.05, 4.69) is 16.0 Å². The fourth-order valence-electron chi connectivity index (χ4n) is 4.31. The van der Waals surface area contributed by atoms with Crippen LogP contribution in [0.1, 0.15) is 83.8 Å². The Morgan fingerprint density at radius 2 is 1.36 bits per heavy atom. The molecule has 0 aliphatic rings. The molecule has 0 saturated heterocycles. The first-order chi connectivity index (χ1) is 22.3. The van der Waals surface area contributed by atoms with Gasteiger partial charge in [-0.3, -0.25) is 14.4 Å². The van der Waals surface area contributed by atoms with Gasteiger partial charge in [0.1, 0.15) is 24.9 Å². The molecule has 0 radical (unpaired) electrons. The molecule has 3 amide bonds. The maximum atomic E-state index is 12.9. The predicted molar refractivity (Wildman–Crippen MR) is 177 cm³/mol. The number of amides is 3. The Labute approximate surface area is 277 Å². The number of carbonyl (C=O) groups is 5. The molecule has 0 aromatic heterocycles. The van der Waals surface area contributed by atoms with Crippen molar-refractivity contribution in [3.8, 4) is 0 Å². The molecular formula is C35H50N4O8. The molecule has 2 aromatic rings. The summed E-state index contributed by atoms with van der Waals surface area (Å²) >= 11 is 0. The number of hydrogen-bond donors (Lipinski definition) is 4. The topological polar surface area (TPSA) is 175 Å². The average molecular weight is 655 g/mol. The van der Waals surface area contributed by atoms with E-state index in [1.165, 1.54) is 0 Å². The monoisotopic (exact) mass is 654 g/mol. The van der Waals surface area contributed by atoms with Crippen LogP contribution in [0, 0.1) is 0 Å². The molecule has 258 valence electrons. The molecule has 2 aromatic carbocycles.